The zero-order chi connectivity index (χ0) is 18.3. The van der Waals surface area contributed by atoms with Crippen molar-refractivity contribution < 1.29 is 19.1 Å². The molecule has 2 rings (SSSR count). The number of fused-ring (bicyclic) bond motifs is 1. The van der Waals surface area contributed by atoms with E-state index in [0.717, 1.165) is 11.1 Å². The number of hydrogen-bond donors (Lipinski definition) is 0. The molecular formula is C19H25NO4. The highest BCUT2D eigenvalue weighted by Gasteiger charge is 2.22. The molecule has 24 heavy (non-hydrogen) atoms. The summed E-state index contributed by atoms with van der Waals surface area (Å²) in [6.07, 6.45) is -0.431. The molecule has 0 saturated carbocycles. The van der Waals surface area contributed by atoms with Crippen LogP contribution in [0.15, 0.2) is 24.3 Å². The molecule has 0 bridgehead atoms. The van der Waals surface area contributed by atoms with Gasteiger partial charge in [-0.2, -0.15) is 0 Å². The normalized spacial score (nSPS) is 12.3. The van der Waals surface area contributed by atoms with Gasteiger partial charge >= 0.3 is 12.1 Å². The third-order valence-corrected chi connectivity index (χ3v) is 3.20. The van der Waals surface area contributed by atoms with Crippen molar-refractivity contribution in [2.24, 2.45) is 0 Å². The molecule has 0 atom stereocenters. The molecule has 0 aliphatic heterocycles. The molecule has 2 aromatic rings. The summed E-state index contributed by atoms with van der Waals surface area (Å²) in [6, 6.07) is 6.99. The van der Waals surface area contributed by atoms with Crippen LogP contribution in [-0.4, -0.2) is 27.8 Å². The van der Waals surface area contributed by atoms with Crippen LogP contribution in [-0.2, 0) is 9.47 Å². The summed E-state index contributed by atoms with van der Waals surface area (Å²) in [7, 11) is 0. The second-order valence-electron chi connectivity index (χ2n) is 7.88. The van der Waals surface area contributed by atoms with Crippen LogP contribution >= 0.6 is 0 Å². The molecule has 0 aliphatic rings. The maximum absolute atomic E-state index is 12.4. The Morgan fingerprint density at radius 1 is 0.917 bits per heavy atom. The molecule has 130 valence electrons. The minimum atomic E-state index is -0.573. The van der Waals surface area contributed by atoms with Crippen LogP contribution in [0, 0.1) is 6.92 Å². The van der Waals surface area contributed by atoms with E-state index in [-0.39, 0.29) is 5.97 Å². The van der Waals surface area contributed by atoms with Crippen LogP contribution < -0.4 is 0 Å². The quantitative estimate of drug-likeness (QED) is 0.711. The highest BCUT2D eigenvalue weighted by molar-refractivity contribution is 5.97. The molecule has 0 aliphatic carbocycles. The second kappa shape index (κ2) is 5.96. The number of nitrogens with zero attached hydrogens (tertiary/aromatic N) is 1. The number of hydrogen-bond acceptors (Lipinski definition) is 4. The lowest BCUT2D eigenvalue weighted by molar-refractivity contribution is 0.00695. The summed E-state index contributed by atoms with van der Waals surface area (Å²) in [5, 5.41) is 0.793. The average Bonchev–Trinajstić information content (AvgIpc) is 2.69. The van der Waals surface area contributed by atoms with Crippen molar-refractivity contribution in [3.8, 4) is 0 Å². The number of rotatable bonds is 1. The number of aryl methyl sites for hydroxylation is 1. The molecule has 0 N–H and O–H groups in total. The van der Waals surface area contributed by atoms with E-state index in [0.29, 0.717) is 11.1 Å². The molecule has 0 saturated heterocycles. The highest BCUT2D eigenvalue weighted by Crippen LogP contribution is 2.24. The molecule has 5 heteroatoms. The monoisotopic (exact) mass is 331 g/mol. The average molecular weight is 331 g/mol. The number of esters is 1. The summed E-state index contributed by atoms with van der Waals surface area (Å²) in [6.45, 7) is 12.8. The Labute approximate surface area is 142 Å². The zero-order valence-electron chi connectivity index (χ0n) is 15.4. The predicted octanol–water partition coefficient (Wildman–Crippen LogP) is 4.69. The first-order chi connectivity index (χ1) is 10.9. The van der Waals surface area contributed by atoms with Crippen LogP contribution in [0.2, 0.25) is 0 Å². The molecule has 0 spiro atoms. The summed E-state index contributed by atoms with van der Waals surface area (Å²) in [5.41, 5.74) is 0.787. The fourth-order valence-corrected chi connectivity index (χ4v) is 2.37. The van der Waals surface area contributed by atoms with E-state index in [1.807, 2.05) is 54.5 Å². The van der Waals surface area contributed by atoms with Crippen LogP contribution in [0.5, 0.6) is 0 Å². The highest BCUT2D eigenvalue weighted by atomic mass is 16.6. The fraction of sp³-hybridized carbons (Fsp3) is 0.474. The van der Waals surface area contributed by atoms with E-state index in [4.69, 9.17) is 9.47 Å². The van der Waals surface area contributed by atoms with Gasteiger partial charge in [0.1, 0.15) is 11.2 Å². The van der Waals surface area contributed by atoms with Crippen molar-refractivity contribution in [2.45, 2.75) is 59.7 Å². The molecule has 0 unspecified atom stereocenters. The van der Waals surface area contributed by atoms with Crippen LogP contribution in [0.3, 0.4) is 0 Å². The van der Waals surface area contributed by atoms with Gasteiger partial charge in [0.15, 0.2) is 0 Å². The van der Waals surface area contributed by atoms with E-state index < -0.39 is 17.3 Å². The van der Waals surface area contributed by atoms with Crippen molar-refractivity contribution in [3.05, 3.63) is 35.5 Å². The van der Waals surface area contributed by atoms with E-state index in [1.54, 1.807) is 18.2 Å². The number of ether oxygens (including phenoxy) is 2. The molecule has 1 heterocycles. The van der Waals surface area contributed by atoms with Gasteiger partial charge in [-0.15, -0.1) is 0 Å². The first-order valence-electron chi connectivity index (χ1n) is 7.96. The van der Waals surface area contributed by atoms with Crippen molar-refractivity contribution in [1.82, 2.24) is 4.57 Å². The van der Waals surface area contributed by atoms with E-state index >= 15 is 0 Å². The van der Waals surface area contributed by atoms with Crippen molar-refractivity contribution in [3.63, 3.8) is 0 Å². The largest absolute Gasteiger partial charge is 0.456 e. The van der Waals surface area contributed by atoms with Gasteiger partial charge < -0.3 is 9.47 Å². The van der Waals surface area contributed by atoms with Gasteiger partial charge in [0.05, 0.1) is 11.1 Å². The van der Waals surface area contributed by atoms with Gasteiger partial charge in [-0.25, -0.2) is 14.2 Å². The topological polar surface area (TPSA) is 57.5 Å². The van der Waals surface area contributed by atoms with Gasteiger partial charge in [-0.3, -0.25) is 0 Å². The summed E-state index contributed by atoms with van der Waals surface area (Å²) >= 11 is 0. The number of aromatic nitrogens is 1. The van der Waals surface area contributed by atoms with Crippen molar-refractivity contribution in [2.75, 3.05) is 0 Å². The van der Waals surface area contributed by atoms with E-state index in [9.17, 15) is 9.59 Å². The maximum atomic E-state index is 12.4. The van der Waals surface area contributed by atoms with E-state index in [2.05, 4.69) is 0 Å². The summed E-state index contributed by atoms with van der Waals surface area (Å²) < 4.78 is 12.3. The Morgan fingerprint density at radius 2 is 1.50 bits per heavy atom. The Morgan fingerprint density at radius 3 is 2.04 bits per heavy atom. The first kappa shape index (κ1) is 18.0. The third kappa shape index (κ3) is 4.16. The lowest BCUT2D eigenvalue weighted by atomic mass is 10.1. The molecule has 5 nitrogen and oxygen atoms in total. The molecule has 0 amide bonds. The van der Waals surface area contributed by atoms with Gasteiger partial charge in [0, 0.05) is 11.1 Å². The fourth-order valence-electron chi connectivity index (χ4n) is 2.37. The van der Waals surface area contributed by atoms with Gasteiger partial charge in [-0.1, -0.05) is 0 Å². The van der Waals surface area contributed by atoms with Crippen LogP contribution in [0.25, 0.3) is 10.9 Å². The minimum absolute atomic E-state index is 0.382. The maximum Gasteiger partial charge on any atom is 0.419 e. The van der Waals surface area contributed by atoms with Gasteiger partial charge in [0.25, 0.3) is 0 Å². The number of benzene rings is 1. The standard InChI is InChI=1S/C19H25NO4/c1-12-10-14-11-13(16(21)23-18(2,3)4)8-9-15(14)20(12)17(22)24-19(5,6)7/h8-11H,1-7H3. The Hall–Kier alpha value is -2.30. The lowest BCUT2D eigenvalue weighted by Gasteiger charge is -2.20. The predicted molar refractivity (Wildman–Crippen MR) is 93.5 cm³/mol. The third-order valence-electron chi connectivity index (χ3n) is 3.20. The first-order valence-corrected chi connectivity index (χ1v) is 7.96. The zero-order valence-corrected chi connectivity index (χ0v) is 15.4. The second-order valence-corrected chi connectivity index (χ2v) is 7.88. The molecule has 1 aromatic heterocycles. The van der Waals surface area contributed by atoms with Crippen molar-refractivity contribution >= 4 is 23.0 Å². The molecule has 0 fully saturated rings. The lowest BCUT2D eigenvalue weighted by Crippen LogP contribution is -2.27. The number of carbonyl (C=O) groups excluding carboxylic acids is 2. The molecule has 0 radical (unpaired) electrons. The van der Waals surface area contributed by atoms with Gasteiger partial charge in [-0.05, 0) is 72.7 Å². The summed E-state index contributed by atoms with van der Waals surface area (Å²) in [4.78, 5) is 24.6. The Bertz CT molecular complexity index is 788. The van der Waals surface area contributed by atoms with Crippen LogP contribution in [0.1, 0.15) is 57.6 Å². The van der Waals surface area contributed by atoms with Crippen LogP contribution in [0.4, 0.5) is 4.79 Å². The summed E-state index contributed by atoms with van der Waals surface area (Å²) in [5.74, 6) is -0.382. The molecular weight excluding hydrogens is 306 g/mol. The Kier molecular flexibility index (Phi) is 4.48. The Balaban J connectivity index is 2.40. The smallest absolute Gasteiger partial charge is 0.419 e. The minimum Gasteiger partial charge on any atom is -0.456 e. The number of carbonyl (C=O) groups is 2. The SMILES string of the molecule is Cc1cc2cc(C(=O)OC(C)(C)C)ccc2n1C(=O)OC(C)(C)C. The van der Waals surface area contributed by atoms with Gasteiger partial charge in [0.2, 0.25) is 0 Å². The van der Waals surface area contributed by atoms with Crippen molar-refractivity contribution in [1.29, 1.82) is 0 Å². The van der Waals surface area contributed by atoms with E-state index in [1.165, 1.54) is 4.57 Å². The molecule has 1 aromatic carbocycles.